The van der Waals surface area contributed by atoms with E-state index >= 15 is 0 Å². The van der Waals surface area contributed by atoms with E-state index in [1.54, 1.807) is 0 Å². The lowest BCUT2D eigenvalue weighted by molar-refractivity contribution is -0.137. The van der Waals surface area contributed by atoms with Crippen molar-refractivity contribution in [1.29, 1.82) is 0 Å². The van der Waals surface area contributed by atoms with Crippen LogP contribution < -0.4 is 5.32 Å². The van der Waals surface area contributed by atoms with Crippen LogP contribution in [0.25, 0.3) is 0 Å². The highest BCUT2D eigenvalue weighted by Gasteiger charge is 2.28. The summed E-state index contributed by atoms with van der Waals surface area (Å²) in [6.07, 6.45) is 0. The predicted octanol–water partition coefficient (Wildman–Crippen LogP) is 2.09. The molecule has 1 fully saturated rings. The summed E-state index contributed by atoms with van der Waals surface area (Å²) in [5.41, 5.74) is 1.23. The van der Waals surface area contributed by atoms with Gasteiger partial charge < -0.3 is 10.2 Å². The van der Waals surface area contributed by atoms with E-state index in [0.717, 1.165) is 13.1 Å². The van der Waals surface area contributed by atoms with E-state index < -0.39 is 0 Å². The molecule has 2 rings (SSSR count). The number of carbonyl (C=O) groups excluding carboxylic acids is 2. The zero-order valence-corrected chi connectivity index (χ0v) is 15.9. The number of nitrogens with one attached hydrogen (secondary N) is 1. The minimum atomic E-state index is -0.167. The molecule has 1 aromatic rings. The molecule has 138 valence electrons. The maximum atomic E-state index is 12.5. The summed E-state index contributed by atoms with van der Waals surface area (Å²) in [7, 11) is 0. The van der Waals surface area contributed by atoms with Gasteiger partial charge in [-0.1, -0.05) is 51.1 Å². The second-order valence-electron chi connectivity index (χ2n) is 7.25. The first kappa shape index (κ1) is 19.4. The van der Waals surface area contributed by atoms with Crippen LogP contribution >= 0.6 is 0 Å². The first-order valence-corrected chi connectivity index (χ1v) is 9.25. The van der Waals surface area contributed by atoms with Crippen molar-refractivity contribution in [2.45, 2.75) is 39.7 Å². The lowest BCUT2D eigenvalue weighted by Crippen LogP contribution is -2.55. The molecule has 5 heteroatoms. The topological polar surface area (TPSA) is 52.7 Å². The molecule has 0 saturated carbocycles. The van der Waals surface area contributed by atoms with E-state index in [1.807, 2.05) is 43.9 Å². The smallest absolute Gasteiger partial charge is 0.237 e. The monoisotopic (exact) mass is 345 g/mol. The second-order valence-corrected chi connectivity index (χ2v) is 7.25. The summed E-state index contributed by atoms with van der Waals surface area (Å²) in [5, 5.41) is 3.07. The molecule has 2 amide bonds. The van der Waals surface area contributed by atoms with Gasteiger partial charge in [-0.3, -0.25) is 14.5 Å². The zero-order valence-electron chi connectivity index (χ0n) is 15.9. The van der Waals surface area contributed by atoms with Crippen molar-refractivity contribution in [2.24, 2.45) is 5.92 Å². The number of piperazine rings is 1. The Balaban J connectivity index is 1.78. The normalized spacial score (nSPS) is 18.0. The predicted molar refractivity (Wildman–Crippen MR) is 100 cm³/mol. The van der Waals surface area contributed by atoms with Crippen molar-refractivity contribution in [1.82, 2.24) is 15.1 Å². The van der Waals surface area contributed by atoms with Crippen LogP contribution in [0, 0.1) is 5.92 Å². The molecule has 0 aromatic heterocycles. The number of rotatable bonds is 6. The van der Waals surface area contributed by atoms with Crippen molar-refractivity contribution in [3.63, 3.8) is 0 Å². The molecule has 0 aliphatic carbocycles. The van der Waals surface area contributed by atoms with Gasteiger partial charge in [0.05, 0.1) is 6.04 Å². The summed E-state index contributed by atoms with van der Waals surface area (Å²) >= 11 is 0. The summed E-state index contributed by atoms with van der Waals surface area (Å²) in [6.45, 7) is 11.5. The van der Waals surface area contributed by atoms with Gasteiger partial charge >= 0.3 is 0 Å². The van der Waals surface area contributed by atoms with Crippen LogP contribution in [0.5, 0.6) is 0 Å². The number of amides is 2. The number of carbonyl (C=O) groups is 2. The summed E-state index contributed by atoms with van der Waals surface area (Å²) in [6, 6.07) is 10.1. The number of hydrogen-bond acceptors (Lipinski definition) is 3. The minimum absolute atomic E-state index is 0.0340. The van der Waals surface area contributed by atoms with Crippen LogP contribution in [-0.2, 0) is 9.59 Å². The minimum Gasteiger partial charge on any atom is -0.354 e. The Morgan fingerprint density at radius 3 is 2.16 bits per heavy atom. The van der Waals surface area contributed by atoms with Gasteiger partial charge in [0.1, 0.15) is 0 Å². The number of nitrogens with zero attached hydrogens (tertiary/aromatic N) is 2. The number of benzene rings is 1. The van der Waals surface area contributed by atoms with Gasteiger partial charge in [-0.25, -0.2) is 0 Å². The Morgan fingerprint density at radius 1 is 1.00 bits per heavy atom. The fourth-order valence-corrected chi connectivity index (χ4v) is 3.16. The first-order chi connectivity index (χ1) is 11.9. The molecule has 0 bridgehead atoms. The molecule has 5 nitrogen and oxygen atoms in total. The molecule has 1 aliphatic rings. The summed E-state index contributed by atoms with van der Waals surface area (Å²) < 4.78 is 0. The van der Waals surface area contributed by atoms with Crippen LogP contribution in [0.3, 0.4) is 0 Å². The maximum Gasteiger partial charge on any atom is 0.237 e. The maximum absolute atomic E-state index is 12.5. The van der Waals surface area contributed by atoms with Gasteiger partial charge in [-0.05, 0) is 18.4 Å². The molecule has 1 aliphatic heterocycles. The Morgan fingerprint density at radius 2 is 1.60 bits per heavy atom. The fourth-order valence-electron chi connectivity index (χ4n) is 3.16. The molecule has 2 atom stereocenters. The van der Waals surface area contributed by atoms with Gasteiger partial charge in [0, 0.05) is 38.6 Å². The van der Waals surface area contributed by atoms with E-state index in [2.05, 4.69) is 29.3 Å². The SMILES string of the molecule is CC(C)C(=O)N1CCN(C(C)C(=O)NCC(C)c2ccccc2)CC1. The highest BCUT2D eigenvalue weighted by Crippen LogP contribution is 2.14. The van der Waals surface area contributed by atoms with Crippen molar-refractivity contribution >= 4 is 11.8 Å². The van der Waals surface area contributed by atoms with Crippen LogP contribution in [0.4, 0.5) is 0 Å². The Hall–Kier alpha value is -1.88. The average Bonchev–Trinajstić information content (AvgIpc) is 2.65. The molecule has 25 heavy (non-hydrogen) atoms. The second kappa shape index (κ2) is 8.99. The van der Waals surface area contributed by atoms with E-state index in [1.165, 1.54) is 5.56 Å². The molecular formula is C20H31N3O2. The van der Waals surface area contributed by atoms with Crippen LogP contribution in [0.15, 0.2) is 30.3 Å². The number of hydrogen-bond donors (Lipinski definition) is 1. The summed E-state index contributed by atoms with van der Waals surface area (Å²) in [5.74, 6) is 0.587. The highest BCUT2D eigenvalue weighted by atomic mass is 16.2. The Kier molecular flexibility index (Phi) is 7.00. The largest absolute Gasteiger partial charge is 0.354 e. The lowest BCUT2D eigenvalue weighted by atomic mass is 10.0. The van der Waals surface area contributed by atoms with E-state index in [-0.39, 0.29) is 29.7 Å². The third-order valence-electron chi connectivity index (χ3n) is 5.00. The Bertz CT molecular complexity index is 566. The lowest BCUT2D eigenvalue weighted by Gasteiger charge is -2.38. The molecule has 1 heterocycles. The van der Waals surface area contributed by atoms with Crippen molar-refractivity contribution < 1.29 is 9.59 Å². The quantitative estimate of drug-likeness (QED) is 0.859. The molecule has 1 saturated heterocycles. The molecule has 0 spiro atoms. The van der Waals surface area contributed by atoms with E-state index in [4.69, 9.17) is 0 Å². The van der Waals surface area contributed by atoms with Gasteiger partial charge in [-0.2, -0.15) is 0 Å². The fraction of sp³-hybridized carbons (Fsp3) is 0.600. The van der Waals surface area contributed by atoms with Gasteiger partial charge in [0.25, 0.3) is 0 Å². The van der Waals surface area contributed by atoms with E-state index in [9.17, 15) is 9.59 Å². The van der Waals surface area contributed by atoms with Gasteiger partial charge in [0.2, 0.25) is 11.8 Å². The molecule has 0 radical (unpaired) electrons. The van der Waals surface area contributed by atoms with Gasteiger partial charge in [-0.15, -0.1) is 0 Å². The van der Waals surface area contributed by atoms with Crippen molar-refractivity contribution in [3.05, 3.63) is 35.9 Å². The third-order valence-corrected chi connectivity index (χ3v) is 5.00. The van der Waals surface area contributed by atoms with E-state index in [0.29, 0.717) is 19.6 Å². The third kappa shape index (κ3) is 5.30. The molecular weight excluding hydrogens is 314 g/mol. The highest BCUT2D eigenvalue weighted by molar-refractivity contribution is 5.81. The zero-order chi connectivity index (χ0) is 18.4. The van der Waals surface area contributed by atoms with Crippen LogP contribution in [0.2, 0.25) is 0 Å². The first-order valence-electron chi connectivity index (χ1n) is 9.25. The molecule has 1 N–H and O–H groups in total. The average molecular weight is 345 g/mol. The standard InChI is InChI=1S/C20H31N3O2/c1-15(2)20(25)23-12-10-22(11-13-23)17(4)19(24)21-14-16(3)18-8-6-5-7-9-18/h5-9,15-17H,10-14H2,1-4H3,(H,21,24). The Labute approximate surface area is 151 Å². The van der Waals surface area contributed by atoms with Crippen LogP contribution in [0.1, 0.15) is 39.2 Å². The van der Waals surface area contributed by atoms with Crippen LogP contribution in [-0.4, -0.2) is 60.4 Å². The van der Waals surface area contributed by atoms with Crippen molar-refractivity contribution in [3.8, 4) is 0 Å². The molecule has 1 aromatic carbocycles. The molecule has 2 unspecified atom stereocenters. The van der Waals surface area contributed by atoms with Gasteiger partial charge in [0.15, 0.2) is 0 Å². The summed E-state index contributed by atoms with van der Waals surface area (Å²) in [4.78, 5) is 28.6. The van der Waals surface area contributed by atoms with Crippen molar-refractivity contribution in [2.75, 3.05) is 32.7 Å².